The first-order chi connectivity index (χ1) is 12.4. The van der Waals surface area contributed by atoms with Gasteiger partial charge in [0.2, 0.25) is 0 Å². The summed E-state index contributed by atoms with van der Waals surface area (Å²) in [5.41, 5.74) is 2.34. The summed E-state index contributed by atoms with van der Waals surface area (Å²) in [5.74, 6) is 1.57. The molecule has 0 amide bonds. The number of fused-ring (bicyclic) bond motifs is 1. The predicted octanol–water partition coefficient (Wildman–Crippen LogP) is 3.06. The molecule has 4 atom stereocenters. The van der Waals surface area contributed by atoms with E-state index in [9.17, 15) is 15.3 Å². The fourth-order valence-electron chi connectivity index (χ4n) is 3.33. The molecular formula is C20H24O6. The van der Waals surface area contributed by atoms with Crippen LogP contribution in [-0.4, -0.2) is 35.6 Å². The van der Waals surface area contributed by atoms with Crippen molar-refractivity contribution in [3.63, 3.8) is 0 Å². The zero-order valence-electron chi connectivity index (χ0n) is 15.3. The Morgan fingerprint density at radius 2 is 1.73 bits per heavy atom. The molecule has 3 rings (SSSR count). The van der Waals surface area contributed by atoms with Gasteiger partial charge >= 0.3 is 0 Å². The Balaban J connectivity index is 2.02. The normalized spacial score (nSPS) is 20.8. The molecule has 0 fully saturated rings. The quantitative estimate of drug-likeness (QED) is 0.759. The summed E-state index contributed by atoms with van der Waals surface area (Å²) in [6, 6.07) is 8.65. The van der Waals surface area contributed by atoms with E-state index in [1.54, 1.807) is 31.4 Å². The van der Waals surface area contributed by atoms with Crippen LogP contribution in [0.4, 0.5) is 0 Å². The highest BCUT2D eigenvalue weighted by Crippen LogP contribution is 2.51. The summed E-state index contributed by atoms with van der Waals surface area (Å²) in [6.07, 6.45) is -2.19. The second-order valence-electron chi connectivity index (χ2n) is 6.59. The molecule has 26 heavy (non-hydrogen) atoms. The topological polar surface area (TPSA) is 88.4 Å². The van der Waals surface area contributed by atoms with Crippen molar-refractivity contribution in [1.82, 2.24) is 0 Å². The minimum absolute atomic E-state index is 0.0192. The number of rotatable bonds is 5. The molecule has 0 saturated heterocycles. The number of methoxy groups -OCH3 is 2. The third-order valence-corrected chi connectivity index (χ3v) is 4.85. The summed E-state index contributed by atoms with van der Waals surface area (Å²) in [5, 5.41) is 29.7. The highest BCUT2D eigenvalue weighted by molar-refractivity contribution is 5.56. The fourth-order valence-corrected chi connectivity index (χ4v) is 3.33. The zero-order valence-corrected chi connectivity index (χ0v) is 15.3. The van der Waals surface area contributed by atoms with Crippen LogP contribution in [0.1, 0.15) is 48.7 Å². The summed E-state index contributed by atoms with van der Waals surface area (Å²) in [4.78, 5) is 0. The monoisotopic (exact) mass is 360 g/mol. The molecule has 0 saturated carbocycles. The maximum atomic E-state index is 10.2. The lowest BCUT2D eigenvalue weighted by molar-refractivity contribution is 0.0304. The van der Waals surface area contributed by atoms with Crippen molar-refractivity contribution in [2.24, 2.45) is 0 Å². The van der Waals surface area contributed by atoms with Gasteiger partial charge < -0.3 is 29.5 Å². The SMILES string of the molecule is COc1cc([C@H]2Oc3c(OC)cc(C(O)C(C)O)cc3[C@@H]2C)ccc1O. The fraction of sp³-hybridized carbons (Fsp3) is 0.400. The van der Waals surface area contributed by atoms with Crippen LogP contribution in [0.2, 0.25) is 0 Å². The Labute approximate surface area is 152 Å². The van der Waals surface area contributed by atoms with Gasteiger partial charge in [-0.2, -0.15) is 0 Å². The molecule has 1 aliphatic heterocycles. The van der Waals surface area contributed by atoms with Crippen LogP contribution in [0.25, 0.3) is 0 Å². The number of aliphatic hydroxyl groups is 2. The van der Waals surface area contributed by atoms with Crippen LogP contribution < -0.4 is 14.2 Å². The summed E-state index contributed by atoms with van der Waals surface area (Å²) < 4.78 is 16.8. The van der Waals surface area contributed by atoms with Crippen molar-refractivity contribution in [2.75, 3.05) is 14.2 Å². The molecule has 0 aromatic heterocycles. The third kappa shape index (κ3) is 3.06. The van der Waals surface area contributed by atoms with E-state index in [2.05, 4.69) is 0 Å². The molecule has 2 unspecified atom stereocenters. The Morgan fingerprint density at radius 3 is 2.35 bits per heavy atom. The number of hydrogen-bond acceptors (Lipinski definition) is 6. The van der Waals surface area contributed by atoms with Gasteiger partial charge in [0.25, 0.3) is 0 Å². The molecule has 2 aromatic carbocycles. The molecule has 0 bridgehead atoms. The molecular weight excluding hydrogens is 336 g/mol. The first-order valence-electron chi connectivity index (χ1n) is 8.48. The average Bonchev–Trinajstić information content (AvgIpc) is 2.97. The van der Waals surface area contributed by atoms with E-state index < -0.39 is 12.2 Å². The number of ether oxygens (including phenoxy) is 3. The zero-order chi connectivity index (χ0) is 19.0. The number of phenolic OH excluding ortho intramolecular Hbond substituents is 1. The molecule has 0 radical (unpaired) electrons. The molecule has 0 aliphatic carbocycles. The van der Waals surface area contributed by atoms with Gasteiger partial charge in [-0.15, -0.1) is 0 Å². The van der Waals surface area contributed by atoms with Crippen LogP contribution >= 0.6 is 0 Å². The van der Waals surface area contributed by atoms with Crippen LogP contribution in [0.3, 0.4) is 0 Å². The van der Waals surface area contributed by atoms with Crippen LogP contribution in [0.5, 0.6) is 23.0 Å². The molecule has 1 heterocycles. The number of hydrogen-bond donors (Lipinski definition) is 3. The Morgan fingerprint density at radius 1 is 1.04 bits per heavy atom. The second kappa shape index (κ2) is 7.05. The van der Waals surface area contributed by atoms with Gasteiger partial charge in [-0.05, 0) is 42.3 Å². The van der Waals surface area contributed by atoms with Gasteiger partial charge in [-0.25, -0.2) is 0 Å². The van der Waals surface area contributed by atoms with Gasteiger partial charge in [0.05, 0.1) is 20.3 Å². The van der Waals surface area contributed by atoms with Gasteiger partial charge in [0.15, 0.2) is 23.0 Å². The van der Waals surface area contributed by atoms with Crippen molar-refractivity contribution < 1.29 is 29.5 Å². The largest absolute Gasteiger partial charge is 0.504 e. The third-order valence-electron chi connectivity index (χ3n) is 4.85. The molecule has 6 heteroatoms. The highest BCUT2D eigenvalue weighted by atomic mass is 16.5. The van der Waals surface area contributed by atoms with Gasteiger partial charge in [-0.3, -0.25) is 0 Å². The lowest BCUT2D eigenvalue weighted by Crippen LogP contribution is -2.14. The minimum atomic E-state index is -1.01. The lowest BCUT2D eigenvalue weighted by atomic mass is 9.90. The van der Waals surface area contributed by atoms with Crippen molar-refractivity contribution in [3.05, 3.63) is 47.0 Å². The van der Waals surface area contributed by atoms with E-state index in [4.69, 9.17) is 14.2 Å². The molecule has 1 aliphatic rings. The van der Waals surface area contributed by atoms with E-state index in [1.165, 1.54) is 14.0 Å². The molecule has 6 nitrogen and oxygen atoms in total. The van der Waals surface area contributed by atoms with Crippen molar-refractivity contribution in [1.29, 1.82) is 0 Å². The number of benzene rings is 2. The first kappa shape index (κ1) is 18.4. The van der Waals surface area contributed by atoms with Crippen LogP contribution in [-0.2, 0) is 0 Å². The molecule has 3 N–H and O–H groups in total. The van der Waals surface area contributed by atoms with Gasteiger partial charge in [0.1, 0.15) is 12.2 Å². The summed E-state index contributed by atoms with van der Waals surface area (Å²) in [6.45, 7) is 3.56. The number of aliphatic hydroxyl groups excluding tert-OH is 2. The van der Waals surface area contributed by atoms with E-state index in [0.29, 0.717) is 22.8 Å². The van der Waals surface area contributed by atoms with E-state index in [0.717, 1.165) is 11.1 Å². The predicted molar refractivity (Wildman–Crippen MR) is 96.1 cm³/mol. The Bertz CT molecular complexity index is 801. The van der Waals surface area contributed by atoms with E-state index >= 15 is 0 Å². The number of phenols is 1. The van der Waals surface area contributed by atoms with E-state index in [1.807, 2.05) is 13.0 Å². The summed E-state index contributed by atoms with van der Waals surface area (Å²) in [7, 11) is 3.04. The first-order valence-corrected chi connectivity index (χ1v) is 8.48. The van der Waals surface area contributed by atoms with Crippen molar-refractivity contribution in [2.45, 2.75) is 38.1 Å². The average molecular weight is 360 g/mol. The molecule has 2 aromatic rings. The Kier molecular flexibility index (Phi) is 4.98. The molecule has 0 spiro atoms. The maximum Gasteiger partial charge on any atom is 0.165 e. The van der Waals surface area contributed by atoms with Crippen LogP contribution in [0, 0.1) is 0 Å². The standard InChI is InChI=1S/C20H24O6/c1-10-14-7-13(18(23)11(2)21)9-17(25-4)20(14)26-19(10)12-5-6-15(22)16(8-12)24-3/h5-11,18-19,21-23H,1-4H3/t10-,11?,18?,19-/m0/s1. The van der Waals surface area contributed by atoms with Crippen molar-refractivity contribution in [3.8, 4) is 23.0 Å². The second-order valence-corrected chi connectivity index (χ2v) is 6.59. The van der Waals surface area contributed by atoms with Gasteiger partial charge in [-0.1, -0.05) is 13.0 Å². The van der Waals surface area contributed by atoms with Gasteiger partial charge in [0, 0.05) is 11.5 Å². The highest BCUT2D eigenvalue weighted by Gasteiger charge is 2.36. The number of aromatic hydroxyl groups is 1. The Hall–Kier alpha value is -2.44. The lowest BCUT2D eigenvalue weighted by Gasteiger charge is -2.17. The van der Waals surface area contributed by atoms with E-state index in [-0.39, 0.29) is 17.8 Å². The smallest absolute Gasteiger partial charge is 0.165 e. The summed E-state index contributed by atoms with van der Waals surface area (Å²) >= 11 is 0. The van der Waals surface area contributed by atoms with Crippen LogP contribution in [0.15, 0.2) is 30.3 Å². The maximum absolute atomic E-state index is 10.2. The molecule has 140 valence electrons. The minimum Gasteiger partial charge on any atom is -0.504 e. The van der Waals surface area contributed by atoms with Crippen molar-refractivity contribution >= 4 is 0 Å².